The molecule has 7 nitrogen and oxygen atoms in total. The Morgan fingerprint density at radius 3 is 2.50 bits per heavy atom. The van der Waals surface area contributed by atoms with Crippen LogP contribution in [0, 0.1) is 23.2 Å². The van der Waals surface area contributed by atoms with Crippen molar-refractivity contribution in [3.63, 3.8) is 0 Å². The van der Waals surface area contributed by atoms with Gasteiger partial charge in [0.2, 0.25) is 11.8 Å². The fourth-order valence-corrected chi connectivity index (χ4v) is 2.88. The first kappa shape index (κ1) is 19.1. The molecular weight excluding hydrogens is 358 g/mol. The number of amides is 2. The number of esters is 1. The molecule has 3 rings (SSSR count). The fourth-order valence-electron chi connectivity index (χ4n) is 2.88. The maximum Gasteiger partial charge on any atom is 0.340 e. The molecule has 0 heterocycles. The van der Waals surface area contributed by atoms with E-state index in [-0.39, 0.29) is 24.0 Å². The van der Waals surface area contributed by atoms with E-state index in [4.69, 9.17) is 10.00 Å². The lowest BCUT2D eigenvalue weighted by molar-refractivity contribution is -0.122. The van der Waals surface area contributed by atoms with Crippen LogP contribution in [0.25, 0.3) is 0 Å². The molecule has 0 saturated heterocycles. The van der Waals surface area contributed by atoms with Gasteiger partial charge >= 0.3 is 5.97 Å². The van der Waals surface area contributed by atoms with Gasteiger partial charge in [-0.1, -0.05) is 18.2 Å². The molecule has 0 radical (unpaired) electrons. The summed E-state index contributed by atoms with van der Waals surface area (Å²) >= 11 is 0. The highest BCUT2D eigenvalue weighted by Gasteiger charge is 2.48. The van der Waals surface area contributed by atoms with E-state index < -0.39 is 17.8 Å². The van der Waals surface area contributed by atoms with Crippen LogP contribution < -0.4 is 10.6 Å². The lowest BCUT2D eigenvalue weighted by Gasteiger charge is -2.10. The smallest absolute Gasteiger partial charge is 0.340 e. The van der Waals surface area contributed by atoms with Gasteiger partial charge in [0.05, 0.1) is 41.3 Å². The van der Waals surface area contributed by atoms with Crippen LogP contribution in [-0.2, 0) is 14.3 Å². The van der Waals surface area contributed by atoms with Crippen LogP contribution in [0.4, 0.5) is 11.4 Å². The van der Waals surface area contributed by atoms with Crippen LogP contribution >= 0.6 is 0 Å². The molecule has 2 aromatic carbocycles. The molecule has 0 spiro atoms. The molecule has 2 unspecified atom stereocenters. The summed E-state index contributed by atoms with van der Waals surface area (Å²) < 4.78 is 4.99. The number of nitrogens with zero attached hydrogens (tertiary/aromatic N) is 1. The van der Waals surface area contributed by atoms with Gasteiger partial charge in [-0.15, -0.1) is 0 Å². The highest BCUT2D eigenvalue weighted by atomic mass is 16.5. The average molecular weight is 377 g/mol. The quantitative estimate of drug-likeness (QED) is 0.753. The fraction of sp³-hybridized carbons (Fsp3) is 0.238. The predicted molar refractivity (Wildman–Crippen MR) is 102 cm³/mol. The predicted octanol–water partition coefficient (Wildman–Crippen LogP) is 2.95. The first-order chi connectivity index (χ1) is 13.5. The van der Waals surface area contributed by atoms with Crippen molar-refractivity contribution in [1.29, 1.82) is 5.26 Å². The third kappa shape index (κ3) is 4.35. The van der Waals surface area contributed by atoms with Crippen LogP contribution in [0.3, 0.4) is 0 Å². The lowest BCUT2D eigenvalue weighted by Crippen LogP contribution is -2.21. The first-order valence-electron chi connectivity index (χ1n) is 8.91. The molecule has 0 aromatic heterocycles. The number of rotatable bonds is 6. The number of carbonyl (C=O) groups is 3. The minimum absolute atomic E-state index is 0.235. The monoisotopic (exact) mass is 377 g/mol. The normalized spacial score (nSPS) is 17.1. The molecule has 2 aromatic rings. The topological polar surface area (TPSA) is 108 Å². The van der Waals surface area contributed by atoms with Crippen molar-refractivity contribution in [2.45, 2.75) is 13.3 Å². The Bertz CT molecular complexity index is 964. The minimum Gasteiger partial charge on any atom is -0.462 e. The van der Waals surface area contributed by atoms with Gasteiger partial charge in [0.15, 0.2) is 0 Å². The molecule has 142 valence electrons. The average Bonchev–Trinajstić information content (AvgIpc) is 3.50. The van der Waals surface area contributed by atoms with Crippen molar-refractivity contribution < 1.29 is 19.1 Å². The number of carbonyl (C=O) groups excluding carboxylic acids is 3. The molecular formula is C21H19N3O4. The molecule has 1 aliphatic rings. The first-order valence-corrected chi connectivity index (χ1v) is 8.91. The summed E-state index contributed by atoms with van der Waals surface area (Å²) in [6.07, 6.45) is 0.428. The summed E-state index contributed by atoms with van der Waals surface area (Å²) in [6, 6.07) is 15.2. The second-order valence-corrected chi connectivity index (χ2v) is 6.39. The van der Waals surface area contributed by atoms with Gasteiger partial charge in [-0.25, -0.2) is 4.79 Å². The summed E-state index contributed by atoms with van der Waals surface area (Å²) in [5, 5.41) is 14.4. The van der Waals surface area contributed by atoms with Crippen LogP contribution in [-0.4, -0.2) is 24.4 Å². The summed E-state index contributed by atoms with van der Waals surface area (Å²) in [4.78, 5) is 36.8. The van der Waals surface area contributed by atoms with Crippen molar-refractivity contribution in [2.24, 2.45) is 11.8 Å². The Labute approximate surface area is 162 Å². The number of benzene rings is 2. The highest BCUT2D eigenvalue weighted by molar-refractivity contribution is 6.06. The van der Waals surface area contributed by atoms with Crippen molar-refractivity contribution in [3.8, 4) is 6.07 Å². The van der Waals surface area contributed by atoms with Gasteiger partial charge in [-0.3, -0.25) is 9.59 Å². The summed E-state index contributed by atoms with van der Waals surface area (Å²) in [7, 11) is 0. The highest BCUT2D eigenvalue weighted by Crippen LogP contribution is 2.40. The van der Waals surface area contributed by atoms with Gasteiger partial charge in [0, 0.05) is 5.69 Å². The maximum atomic E-state index is 12.5. The van der Waals surface area contributed by atoms with E-state index in [1.165, 1.54) is 0 Å². The molecule has 2 atom stereocenters. The van der Waals surface area contributed by atoms with Crippen LogP contribution in [0.5, 0.6) is 0 Å². The van der Waals surface area contributed by atoms with Gasteiger partial charge in [-0.2, -0.15) is 5.26 Å². The maximum absolute atomic E-state index is 12.5. The second kappa shape index (κ2) is 8.35. The summed E-state index contributed by atoms with van der Waals surface area (Å²) in [5.74, 6) is -2.01. The number of hydrogen-bond donors (Lipinski definition) is 2. The minimum atomic E-state index is -0.513. The van der Waals surface area contributed by atoms with E-state index in [1.54, 1.807) is 55.5 Å². The lowest BCUT2D eigenvalue weighted by atomic mass is 10.1. The Morgan fingerprint density at radius 1 is 1.07 bits per heavy atom. The second-order valence-electron chi connectivity index (χ2n) is 6.39. The van der Waals surface area contributed by atoms with Crippen LogP contribution in [0.1, 0.15) is 29.3 Å². The molecule has 28 heavy (non-hydrogen) atoms. The van der Waals surface area contributed by atoms with Crippen molar-refractivity contribution in [2.75, 3.05) is 17.2 Å². The van der Waals surface area contributed by atoms with E-state index in [1.807, 2.05) is 6.07 Å². The number of nitriles is 1. The van der Waals surface area contributed by atoms with Crippen molar-refractivity contribution in [3.05, 3.63) is 59.7 Å². The van der Waals surface area contributed by atoms with Gasteiger partial charge in [-0.05, 0) is 43.7 Å². The molecule has 0 aliphatic heterocycles. The van der Waals surface area contributed by atoms with Gasteiger partial charge < -0.3 is 15.4 Å². The Balaban J connectivity index is 1.61. The van der Waals surface area contributed by atoms with Crippen molar-refractivity contribution >= 4 is 29.2 Å². The van der Waals surface area contributed by atoms with Crippen LogP contribution in [0.15, 0.2) is 48.5 Å². The number of hydrogen-bond acceptors (Lipinski definition) is 5. The molecule has 1 aliphatic carbocycles. The number of para-hydroxylation sites is 1. The summed E-state index contributed by atoms with van der Waals surface area (Å²) in [6.45, 7) is 1.94. The van der Waals surface area contributed by atoms with E-state index in [9.17, 15) is 14.4 Å². The molecule has 2 amide bonds. The van der Waals surface area contributed by atoms with E-state index in [0.29, 0.717) is 23.4 Å². The molecule has 2 N–H and O–H groups in total. The van der Waals surface area contributed by atoms with Crippen molar-refractivity contribution in [1.82, 2.24) is 0 Å². The number of ether oxygens (including phenoxy) is 1. The number of nitrogens with one attached hydrogen (secondary N) is 2. The van der Waals surface area contributed by atoms with E-state index >= 15 is 0 Å². The summed E-state index contributed by atoms with van der Waals surface area (Å²) in [5.41, 5.74) is 1.59. The van der Waals surface area contributed by atoms with Gasteiger partial charge in [0.1, 0.15) is 0 Å². The van der Waals surface area contributed by atoms with E-state index in [0.717, 1.165) is 0 Å². The SMILES string of the molecule is CCOC(=O)c1ccccc1NC(=O)C1CC1C(=O)Nc1cccc(C#N)c1. The molecule has 1 saturated carbocycles. The third-order valence-corrected chi connectivity index (χ3v) is 4.40. The van der Waals surface area contributed by atoms with Crippen LogP contribution in [0.2, 0.25) is 0 Å². The third-order valence-electron chi connectivity index (χ3n) is 4.40. The molecule has 0 bridgehead atoms. The standard InChI is InChI=1S/C21H19N3O4/c1-2-28-21(27)15-8-3-4-9-18(15)24-20(26)17-11-16(17)19(25)23-14-7-5-6-13(10-14)12-22/h3-10,16-17H,2,11H2,1H3,(H,23,25)(H,24,26). The molecule has 1 fully saturated rings. The number of anilines is 2. The Hall–Kier alpha value is -3.66. The zero-order valence-electron chi connectivity index (χ0n) is 15.3. The van der Waals surface area contributed by atoms with Gasteiger partial charge in [0.25, 0.3) is 0 Å². The Morgan fingerprint density at radius 2 is 1.79 bits per heavy atom. The Kier molecular flexibility index (Phi) is 5.70. The largest absolute Gasteiger partial charge is 0.462 e. The van der Waals surface area contributed by atoms with E-state index in [2.05, 4.69) is 10.6 Å². The molecule has 7 heteroatoms. The zero-order chi connectivity index (χ0) is 20.1. The zero-order valence-corrected chi connectivity index (χ0v) is 15.3.